The Morgan fingerprint density at radius 2 is 2.00 bits per heavy atom. The molecule has 2 aromatic rings. The molecule has 0 spiro atoms. The van der Waals surface area contributed by atoms with E-state index in [-0.39, 0.29) is 42.1 Å². The Labute approximate surface area is 195 Å². The SMILES string of the molecule is CC(C)OC(=O)CC(NC(=O)C1CCCN(C(=O)c2cccs2)C1)c1ccccc1[N+](=O)[O-]. The lowest BCUT2D eigenvalue weighted by Crippen LogP contribution is -2.46. The van der Waals surface area contributed by atoms with Crippen molar-refractivity contribution >= 4 is 34.8 Å². The number of nitro benzene ring substituents is 1. The summed E-state index contributed by atoms with van der Waals surface area (Å²) in [5.74, 6) is -1.50. The van der Waals surface area contributed by atoms with Crippen LogP contribution in [-0.2, 0) is 14.3 Å². The first-order chi connectivity index (χ1) is 15.8. The predicted octanol–water partition coefficient (Wildman–Crippen LogP) is 3.71. The highest BCUT2D eigenvalue weighted by Crippen LogP contribution is 2.29. The van der Waals surface area contributed by atoms with E-state index in [1.165, 1.54) is 29.5 Å². The average molecular weight is 474 g/mol. The first-order valence-corrected chi connectivity index (χ1v) is 11.7. The summed E-state index contributed by atoms with van der Waals surface area (Å²) in [6.07, 6.45) is 0.662. The maximum atomic E-state index is 13.2. The highest BCUT2D eigenvalue weighted by atomic mass is 32.1. The van der Waals surface area contributed by atoms with E-state index in [0.717, 1.165) is 0 Å². The highest BCUT2D eigenvalue weighted by molar-refractivity contribution is 7.12. The molecule has 3 rings (SSSR count). The van der Waals surface area contributed by atoms with Crippen molar-refractivity contribution in [1.29, 1.82) is 0 Å². The van der Waals surface area contributed by atoms with Gasteiger partial charge in [0.1, 0.15) is 0 Å². The first-order valence-electron chi connectivity index (χ1n) is 10.8. The number of para-hydroxylation sites is 1. The normalized spacial score (nSPS) is 16.8. The summed E-state index contributed by atoms with van der Waals surface area (Å²) in [7, 11) is 0. The number of carbonyl (C=O) groups excluding carboxylic acids is 3. The van der Waals surface area contributed by atoms with Crippen LogP contribution in [-0.4, -0.2) is 46.8 Å². The van der Waals surface area contributed by atoms with E-state index in [1.54, 1.807) is 36.9 Å². The molecule has 2 atom stereocenters. The molecule has 1 N–H and O–H groups in total. The molecule has 33 heavy (non-hydrogen) atoms. The van der Waals surface area contributed by atoms with Crippen LogP contribution < -0.4 is 5.32 Å². The van der Waals surface area contributed by atoms with E-state index in [1.807, 2.05) is 5.38 Å². The van der Waals surface area contributed by atoms with E-state index in [4.69, 9.17) is 4.74 Å². The molecule has 0 bridgehead atoms. The van der Waals surface area contributed by atoms with Crippen molar-refractivity contribution in [3.8, 4) is 0 Å². The van der Waals surface area contributed by atoms with Gasteiger partial charge in [-0.1, -0.05) is 24.3 Å². The highest BCUT2D eigenvalue weighted by Gasteiger charge is 2.33. The Hall–Kier alpha value is -3.27. The molecule has 0 aliphatic carbocycles. The second kappa shape index (κ2) is 11.0. The minimum absolute atomic E-state index is 0.113. The van der Waals surface area contributed by atoms with Crippen LogP contribution in [0.1, 0.15) is 54.4 Å². The Balaban J connectivity index is 1.77. The Kier molecular flexibility index (Phi) is 8.16. The van der Waals surface area contributed by atoms with Gasteiger partial charge in [0.05, 0.1) is 39.8 Å². The number of esters is 1. The van der Waals surface area contributed by atoms with Crippen LogP contribution in [0, 0.1) is 16.0 Å². The molecule has 2 heterocycles. The second-order valence-corrected chi connectivity index (χ2v) is 9.14. The van der Waals surface area contributed by atoms with Crippen LogP contribution in [0.2, 0.25) is 0 Å². The maximum Gasteiger partial charge on any atom is 0.308 e. The van der Waals surface area contributed by atoms with Gasteiger partial charge in [-0.05, 0) is 38.1 Å². The van der Waals surface area contributed by atoms with Crippen molar-refractivity contribution in [2.75, 3.05) is 13.1 Å². The number of nitrogens with one attached hydrogen (secondary N) is 1. The molecule has 10 heteroatoms. The zero-order valence-corrected chi connectivity index (χ0v) is 19.4. The monoisotopic (exact) mass is 473 g/mol. The number of benzene rings is 1. The molecule has 176 valence electrons. The molecule has 9 nitrogen and oxygen atoms in total. The number of piperidine rings is 1. The summed E-state index contributed by atoms with van der Waals surface area (Å²) in [5.41, 5.74) is 0.0529. The van der Waals surface area contributed by atoms with Gasteiger partial charge in [0, 0.05) is 19.2 Å². The smallest absolute Gasteiger partial charge is 0.308 e. The van der Waals surface area contributed by atoms with E-state index >= 15 is 0 Å². The summed E-state index contributed by atoms with van der Waals surface area (Å²) in [6, 6.07) is 8.65. The van der Waals surface area contributed by atoms with Gasteiger partial charge in [0.25, 0.3) is 11.6 Å². The Morgan fingerprint density at radius 1 is 1.24 bits per heavy atom. The molecule has 1 aliphatic rings. The van der Waals surface area contributed by atoms with Gasteiger partial charge in [-0.2, -0.15) is 0 Å². The third-order valence-corrected chi connectivity index (χ3v) is 6.23. The van der Waals surface area contributed by atoms with Gasteiger partial charge in [-0.15, -0.1) is 11.3 Å². The summed E-state index contributed by atoms with van der Waals surface area (Å²) in [5, 5.41) is 16.2. The van der Waals surface area contributed by atoms with Gasteiger partial charge in [0.15, 0.2) is 0 Å². The largest absolute Gasteiger partial charge is 0.463 e. The number of nitrogens with zero attached hydrogens (tertiary/aromatic N) is 2. The van der Waals surface area contributed by atoms with Gasteiger partial charge >= 0.3 is 5.97 Å². The number of carbonyl (C=O) groups is 3. The van der Waals surface area contributed by atoms with Gasteiger partial charge in [0.2, 0.25) is 5.91 Å². The number of thiophene rings is 1. The average Bonchev–Trinajstić information content (AvgIpc) is 3.32. The van der Waals surface area contributed by atoms with Gasteiger partial charge < -0.3 is 15.0 Å². The third kappa shape index (κ3) is 6.38. The predicted molar refractivity (Wildman–Crippen MR) is 123 cm³/mol. The van der Waals surface area contributed by atoms with E-state index in [0.29, 0.717) is 24.3 Å². The molecule has 1 saturated heterocycles. The number of rotatable bonds is 8. The van der Waals surface area contributed by atoms with Crippen LogP contribution >= 0.6 is 11.3 Å². The molecule has 0 radical (unpaired) electrons. The fourth-order valence-corrected chi connectivity index (χ4v) is 4.58. The lowest BCUT2D eigenvalue weighted by atomic mass is 9.95. The van der Waals surface area contributed by atoms with Crippen molar-refractivity contribution < 1.29 is 24.0 Å². The van der Waals surface area contributed by atoms with Gasteiger partial charge in [-0.25, -0.2) is 0 Å². The quantitative estimate of drug-likeness (QED) is 0.355. The van der Waals surface area contributed by atoms with Crippen LogP contribution in [0.4, 0.5) is 5.69 Å². The lowest BCUT2D eigenvalue weighted by molar-refractivity contribution is -0.385. The van der Waals surface area contributed by atoms with Crippen LogP contribution in [0.3, 0.4) is 0 Å². The Morgan fingerprint density at radius 3 is 2.67 bits per heavy atom. The van der Waals surface area contributed by atoms with Gasteiger partial charge in [-0.3, -0.25) is 24.5 Å². The zero-order chi connectivity index (χ0) is 24.0. The standard InChI is InChI=1S/C23H27N3O6S/c1-15(2)32-21(27)13-18(17-8-3-4-9-19(17)26(30)31)24-22(28)16-7-5-11-25(14-16)23(29)20-10-6-12-33-20/h3-4,6,8-10,12,15-16,18H,5,7,11,13-14H2,1-2H3,(H,24,28). The van der Waals surface area contributed by atoms with Crippen molar-refractivity contribution in [2.24, 2.45) is 5.92 Å². The second-order valence-electron chi connectivity index (χ2n) is 8.19. The molecule has 1 aromatic carbocycles. The maximum absolute atomic E-state index is 13.2. The molecule has 2 unspecified atom stereocenters. The van der Waals surface area contributed by atoms with Crippen molar-refractivity contribution in [3.05, 3.63) is 62.3 Å². The van der Waals surface area contributed by atoms with Crippen LogP contribution in [0.25, 0.3) is 0 Å². The third-order valence-electron chi connectivity index (χ3n) is 5.37. The number of likely N-dealkylation sites (tertiary alicyclic amines) is 1. The number of amides is 2. The summed E-state index contributed by atoms with van der Waals surface area (Å²) in [4.78, 5) is 51.5. The van der Waals surface area contributed by atoms with Crippen molar-refractivity contribution in [3.63, 3.8) is 0 Å². The number of nitro groups is 1. The molecule has 1 aliphatic heterocycles. The fraction of sp³-hybridized carbons (Fsp3) is 0.435. The van der Waals surface area contributed by atoms with E-state index < -0.39 is 22.9 Å². The summed E-state index contributed by atoms with van der Waals surface area (Å²) < 4.78 is 5.21. The molecule has 1 fully saturated rings. The fourth-order valence-electron chi connectivity index (χ4n) is 3.89. The van der Waals surface area contributed by atoms with Crippen molar-refractivity contribution in [1.82, 2.24) is 10.2 Å². The lowest BCUT2D eigenvalue weighted by Gasteiger charge is -2.32. The molecular formula is C23H27N3O6S. The van der Waals surface area contributed by atoms with Crippen molar-refractivity contribution in [2.45, 2.75) is 45.3 Å². The molecule has 1 aromatic heterocycles. The summed E-state index contributed by atoms with van der Waals surface area (Å²) >= 11 is 1.35. The van der Waals surface area contributed by atoms with E-state index in [2.05, 4.69) is 5.32 Å². The summed E-state index contributed by atoms with van der Waals surface area (Å²) in [6.45, 7) is 4.23. The number of hydrogen-bond donors (Lipinski definition) is 1. The van der Waals surface area contributed by atoms with Crippen LogP contribution in [0.15, 0.2) is 41.8 Å². The van der Waals surface area contributed by atoms with Crippen LogP contribution in [0.5, 0.6) is 0 Å². The molecule has 0 saturated carbocycles. The number of ether oxygens (including phenoxy) is 1. The first kappa shape index (κ1) is 24.4. The minimum Gasteiger partial charge on any atom is -0.463 e. The molecular weight excluding hydrogens is 446 g/mol. The molecule has 2 amide bonds. The minimum atomic E-state index is -0.922. The topological polar surface area (TPSA) is 119 Å². The Bertz CT molecular complexity index is 1010. The van der Waals surface area contributed by atoms with E-state index in [9.17, 15) is 24.5 Å². The zero-order valence-electron chi connectivity index (χ0n) is 18.6. The number of hydrogen-bond acceptors (Lipinski definition) is 7.